The van der Waals surface area contributed by atoms with Crippen LogP contribution in [0.2, 0.25) is 0 Å². The third kappa shape index (κ3) is 5.47. The van der Waals surface area contributed by atoms with Gasteiger partial charge in [0.2, 0.25) is 0 Å². The van der Waals surface area contributed by atoms with Crippen LogP contribution in [0.3, 0.4) is 0 Å². The molecule has 0 aliphatic carbocycles. The molecule has 0 aromatic carbocycles. The number of piperidine rings is 1. The molecule has 1 aliphatic rings. The van der Waals surface area contributed by atoms with Crippen molar-refractivity contribution >= 4 is 29.9 Å². The molecule has 1 atom stereocenters. The van der Waals surface area contributed by atoms with Crippen molar-refractivity contribution in [1.29, 1.82) is 0 Å². The Morgan fingerprint density at radius 1 is 1.27 bits per heavy atom. The fraction of sp³-hybridized carbons (Fsp3) is 0.556. The number of hydrogen-bond acceptors (Lipinski definition) is 4. The van der Waals surface area contributed by atoms with E-state index in [4.69, 9.17) is 4.42 Å². The minimum Gasteiger partial charge on any atom is -0.468 e. The molecular formula is C18H29IN6O. The van der Waals surface area contributed by atoms with E-state index < -0.39 is 0 Å². The summed E-state index contributed by atoms with van der Waals surface area (Å²) in [5, 5.41) is 11.0. The van der Waals surface area contributed by atoms with Crippen molar-refractivity contribution in [3.8, 4) is 0 Å². The summed E-state index contributed by atoms with van der Waals surface area (Å²) >= 11 is 0. The Balaban J connectivity index is 0.00000243. The molecule has 2 aromatic heterocycles. The van der Waals surface area contributed by atoms with Crippen molar-refractivity contribution in [2.45, 2.75) is 31.8 Å². The van der Waals surface area contributed by atoms with Crippen LogP contribution >= 0.6 is 24.0 Å². The zero-order valence-corrected chi connectivity index (χ0v) is 17.8. The molecule has 0 radical (unpaired) electrons. The Labute approximate surface area is 172 Å². The summed E-state index contributed by atoms with van der Waals surface area (Å²) in [6.45, 7) is 3.69. The van der Waals surface area contributed by atoms with E-state index in [0.717, 1.165) is 37.0 Å². The number of nitrogens with zero attached hydrogens (tertiary/aromatic N) is 4. The summed E-state index contributed by atoms with van der Waals surface area (Å²) in [5.74, 6) is 1.80. The molecule has 2 N–H and O–H groups in total. The van der Waals surface area contributed by atoms with Crippen molar-refractivity contribution in [1.82, 2.24) is 25.3 Å². The number of aliphatic imine (C=N–C) groups is 1. The summed E-state index contributed by atoms with van der Waals surface area (Å²) in [4.78, 5) is 6.83. The maximum atomic E-state index is 5.70. The van der Waals surface area contributed by atoms with Crippen molar-refractivity contribution in [3.63, 3.8) is 0 Å². The number of rotatable bonds is 6. The molecule has 3 rings (SSSR count). The van der Waals surface area contributed by atoms with Gasteiger partial charge in [0.1, 0.15) is 5.76 Å². The number of likely N-dealkylation sites (tertiary alicyclic amines) is 1. The van der Waals surface area contributed by atoms with Crippen LogP contribution in [0.15, 0.2) is 40.1 Å². The molecule has 26 heavy (non-hydrogen) atoms. The first kappa shape index (κ1) is 20.8. The highest BCUT2D eigenvalue weighted by atomic mass is 127. The van der Waals surface area contributed by atoms with Gasteiger partial charge in [-0.05, 0) is 44.1 Å². The summed E-state index contributed by atoms with van der Waals surface area (Å²) in [6.07, 6.45) is 7.39. The molecule has 8 heteroatoms. The molecule has 0 saturated carbocycles. The van der Waals surface area contributed by atoms with Gasteiger partial charge in [0.15, 0.2) is 5.96 Å². The average molecular weight is 472 g/mol. The highest BCUT2D eigenvalue weighted by Gasteiger charge is 2.24. The van der Waals surface area contributed by atoms with Crippen molar-refractivity contribution in [2.24, 2.45) is 12.0 Å². The number of aryl methyl sites for hydroxylation is 1. The third-order valence-electron chi connectivity index (χ3n) is 4.75. The van der Waals surface area contributed by atoms with E-state index >= 15 is 0 Å². The van der Waals surface area contributed by atoms with Gasteiger partial charge < -0.3 is 15.1 Å². The van der Waals surface area contributed by atoms with Gasteiger partial charge in [0.05, 0.1) is 24.5 Å². The Morgan fingerprint density at radius 2 is 2.08 bits per heavy atom. The topological polar surface area (TPSA) is 70.6 Å². The van der Waals surface area contributed by atoms with Gasteiger partial charge in [-0.15, -0.1) is 24.0 Å². The van der Waals surface area contributed by atoms with Gasteiger partial charge in [-0.1, -0.05) is 6.42 Å². The molecule has 0 amide bonds. The van der Waals surface area contributed by atoms with Crippen molar-refractivity contribution in [2.75, 3.05) is 26.7 Å². The number of guanidine groups is 1. The van der Waals surface area contributed by atoms with Crippen molar-refractivity contribution < 1.29 is 4.42 Å². The first-order chi connectivity index (χ1) is 12.3. The van der Waals surface area contributed by atoms with E-state index in [9.17, 15) is 0 Å². The van der Waals surface area contributed by atoms with Crippen LogP contribution in [0.1, 0.15) is 36.8 Å². The molecule has 0 spiro atoms. The minimum atomic E-state index is 0. The predicted octanol–water partition coefficient (Wildman–Crippen LogP) is 2.52. The number of hydrogen-bond donors (Lipinski definition) is 2. The van der Waals surface area contributed by atoms with E-state index in [1.165, 1.54) is 19.3 Å². The summed E-state index contributed by atoms with van der Waals surface area (Å²) in [6, 6.07) is 6.25. The normalized spacial score (nSPS) is 16.8. The van der Waals surface area contributed by atoms with Crippen LogP contribution < -0.4 is 10.6 Å². The Morgan fingerprint density at radius 3 is 2.69 bits per heavy atom. The zero-order valence-electron chi connectivity index (χ0n) is 15.5. The van der Waals surface area contributed by atoms with E-state index in [-0.39, 0.29) is 30.0 Å². The molecule has 1 aliphatic heterocycles. The highest BCUT2D eigenvalue weighted by molar-refractivity contribution is 14.0. The van der Waals surface area contributed by atoms with Crippen LogP contribution in [0, 0.1) is 0 Å². The molecule has 144 valence electrons. The van der Waals surface area contributed by atoms with E-state index in [1.807, 2.05) is 23.9 Å². The zero-order chi connectivity index (χ0) is 17.5. The summed E-state index contributed by atoms with van der Waals surface area (Å²) in [5.41, 5.74) is 1.11. The van der Waals surface area contributed by atoms with Gasteiger partial charge in [-0.2, -0.15) is 5.10 Å². The van der Waals surface area contributed by atoms with Crippen molar-refractivity contribution in [3.05, 3.63) is 42.1 Å². The number of halogens is 1. The fourth-order valence-corrected chi connectivity index (χ4v) is 3.28. The van der Waals surface area contributed by atoms with Gasteiger partial charge in [-0.25, -0.2) is 0 Å². The number of nitrogens with one attached hydrogen (secondary N) is 2. The second-order valence-electron chi connectivity index (χ2n) is 6.38. The first-order valence-corrected chi connectivity index (χ1v) is 8.97. The van der Waals surface area contributed by atoms with Crippen LogP contribution in [0.5, 0.6) is 0 Å². The van der Waals surface area contributed by atoms with Crippen LogP contribution in [-0.4, -0.2) is 47.3 Å². The van der Waals surface area contributed by atoms with Crippen LogP contribution in [0.4, 0.5) is 0 Å². The number of furan rings is 1. The van der Waals surface area contributed by atoms with Gasteiger partial charge in [-0.3, -0.25) is 14.6 Å². The van der Waals surface area contributed by atoms with Gasteiger partial charge in [0, 0.05) is 26.8 Å². The lowest BCUT2D eigenvalue weighted by atomic mass is 10.1. The standard InChI is InChI=1S/C18H28N6O.HI/c1-19-18(20-13-15-8-9-22-23(15)2)21-14-16(17-7-6-12-25-17)24-10-4-3-5-11-24;/h6-9,12,16H,3-5,10-11,13-14H2,1-2H3,(H2,19,20,21);1H. The number of aromatic nitrogens is 2. The maximum Gasteiger partial charge on any atom is 0.191 e. The summed E-state index contributed by atoms with van der Waals surface area (Å²) < 4.78 is 7.56. The smallest absolute Gasteiger partial charge is 0.191 e. The first-order valence-electron chi connectivity index (χ1n) is 8.97. The minimum absolute atomic E-state index is 0. The second-order valence-corrected chi connectivity index (χ2v) is 6.38. The quantitative estimate of drug-likeness (QED) is 0.384. The third-order valence-corrected chi connectivity index (χ3v) is 4.75. The van der Waals surface area contributed by atoms with Gasteiger partial charge >= 0.3 is 0 Å². The summed E-state index contributed by atoms with van der Waals surface area (Å²) in [7, 11) is 3.73. The molecule has 2 aromatic rings. The molecule has 1 fully saturated rings. The van der Waals surface area contributed by atoms with E-state index in [2.05, 4.69) is 31.7 Å². The predicted molar refractivity (Wildman–Crippen MR) is 114 cm³/mol. The Bertz CT molecular complexity index is 663. The Kier molecular flexibility index (Phi) is 8.43. The van der Waals surface area contributed by atoms with E-state index in [0.29, 0.717) is 6.54 Å². The second kappa shape index (κ2) is 10.6. The lowest BCUT2D eigenvalue weighted by Gasteiger charge is -2.33. The monoisotopic (exact) mass is 472 g/mol. The average Bonchev–Trinajstić information content (AvgIpc) is 3.31. The lowest BCUT2D eigenvalue weighted by molar-refractivity contribution is 0.146. The highest BCUT2D eigenvalue weighted by Crippen LogP contribution is 2.24. The molecule has 3 heterocycles. The van der Waals surface area contributed by atoms with Crippen LogP contribution in [0.25, 0.3) is 0 Å². The fourth-order valence-electron chi connectivity index (χ4n) is 3.28. The molecule has 0 bridgehead atoms. The van der Waals surface area contributed by atoms with Gasteiger partial charge in [0.25, 0.3) is 0 Å². The molecular weight excluding hydrogens is 443 g/mol. The SMILES string of the molecule is CN=C(NCc1ccnn1C)NCC(c1ccco1)N1CCCCC1.I. The molecule has 7 nitrogen and oxygen atoms in total. The van der Waals surface area contributed by atoms with E-state index in [1.54, 1.807) is 19.5 Å². The van der Waals surface area contributed by atoms with Crippen LogP contribution in [-0.2, 0) is 13.6 Å². The molecule has 1 saturated heterocycles. The largest absolute Gasteiger partial charge is 0.468 e. The molecule has 1 unspecified atom stereocenters. The lowest BCUT2D eigenvalue weighted by Crippen LogP contribution is -2.44. The maximum absolute atomic E-state index is 5.70. The Hall–Kier alpha value is -1.55.